The number of fused-ring (bicyclic) bond motifs is 1. The highest BCUT2D eigenvalue weighted by Crippen LogP contribution is 2.51. The van der Waals surface area contributed by atoms with Crippen molar-refractivity contribution < 1.29 is 18.8 Å². The maximum atomic E-state index is 13.4. The van der Waals surface area contributed by atoms with Gasteiger partial charge >= 0.3 is 13.1 Å². The Bertz CT molecular complexity index is 889. The Hall–Kier alpha value is -2.06. The number of rotatable bonds is 8. The van der Waals surface area contributed by atoms with Crippen LogP contribution in [0.3, 0.4) is 0 Å². The van der Waals surface area contributed by atoms with Gasteiger partial charge < -0.3 is 19.4 Å². The van der Waals surface area contributed by atoms with Crippen molar-refractivity contribution in [3.8, 4) is 0 Å². The molecule has 0 aromatic heterocycles. The number of hydrogen-bond acceptors (Lipinski definition) is 6. The van der Waals surface area contributed by atoms with Gasteiger partial charge in [0, 0.05) is 4.91 Å². The molecular formula is C24H35BN4O4. The van der Waals surface area contributed by atoms with Gasteiger partial charge in [0.2, 0.25) is 0 Å². The molecule has 0 amide bonds. The van der Waals surface area contributed by atoms with Crippen LogP contribution in [0.1, 0.15) is 52.5 Å². The summed E-state index contributed by atoms with van der Waals surface area (Å²) in [6, 6.07) is 9.59. The lowest BCUT2D eigenvalue weighted by Gasteiger charge is -2.32. The number of esters is 1. The first-order valence-corrected chi connectivity index (χ1v) is 12.0. The van der Waals surface area contributed by atoms with Gasteiger partial charge in [0.15, 0.2) is 0 Å². The molecule has 8 nitrogen and oxygen atoms in total. The fraction of sp³-hybridized carbons (Fsp3) is 0.708. The Morgan fingerprint density at radius 2 is 1.91 bits per heavy atom. The highest BCUT2D eigenvalue weighted by atomic mass is 16.7. The van der Waals surface area contributed by atoms with E-state index in [9.17, 15) is 10.3 Å². The maximum absolute atomic E-state index is 13.4. The van der Waals surface area contributed by atoms with Gasteiger partial charge in [-0.1, -0.05) is 41.9 Å². The second-order valence-corrected chi connectivity index (χ2v) is 10.7. The van der Waals surface area contributed by atoms with E-state index in [4.69, 9.17) is 14.0 Å². The Morgan fingerprint density at radius 1 is 1.21 bits per heavy atom. The first-order valence-electron chi connectivity index (χ1n) is 12.0. The summed E-state index contributed by atoms with van der Waals surface area (Å²) in [5, 5.41) is 7.59. The summed E-state index contributed by atoms with van der Waals surface area (Å²) in [7, 11) is -0.271. The van der Waals surface area contributed by atoms with Gasteiger partial charge in [-0.15, -0.1) is 0 Å². The van der Waals surface area contributed by atoms with Crippen LogP contribution in [0.2, 0.25) is 6.32 Å². The fourth-order valence-corrected chi connectivity index (χ4v) is 5.71. The molecule has 0 radical (unpaired) electrons. The molecule has 4 rings (SSSR count). The Morgan fingerprint density at radius 3 is 2.58 bits per heavy atom. The third-order valence-electron chi connectivity index (χ3n) is 8.14. The average Bonchev–Trinajstić information content (AvgIpc) is 3.38. The average molecular weight is 454 g/mol. The monoisotopic (exact) mass is 454 g/mol. The lowest BCUT2D eigenvalue weighted by atomic mass is 9.75. The van der Waals surface area contributed by atoms with Crippen molar-refractivity contribution in [2.75, 3.05) is 13.1 Å². The number of benzene rings is 1. The van der Waals surface area contributed by atoms with Crippen LogP contribution >= 0.6 is 0 Å². The van der Waals surface area contributed by atoms with Gasteiger partial charge in [0.1, 0.15) is 12.1 Å². The zero-order valence-electron chi connectivity index (χ0n) is 20.1. The molecule has 2 saturated heterocycles. The molecule has 9 heteroatoms. The second-order valence-electron chi connectivity index (χ2n) is 10.7. The van der Waals surface area contributed by atoms with Crippen molar-refractivity contribution in [2.24, 2.45) is 22.9 Å². The van der Waals surface area contributed by atoms with Crippen molar-refractivity contribution in [2.45, 2.75) is 76.6 Å². The molecule has 1 N–H and O–H groups in total. The summed E-state index contributed by atoms with van der Waals surface area (Å²) in [4.78, 5) is 16.5. The molecular weight excluding hydrogens is 419 g/mol. The minimum Gasteiger partial charge on any atom is -0.460 e. The van der Waals surface area contributed by atoms with Crippen molar-refractivity contribution in [3.05, 3.63) is 46.3 Å². The van der Waals surface area contributed by atoms with Crippen molar-refractivity contribution in [1.82, 2.24) is 5.32 Å². The van der Waals surface area contributed by atoms with Gasteiger partial charge in [-0.3, -0.25) is 4.79 Å². The molecule has 1 aromatic carbocycles. The highest BCUT2D eigenvalue weighted by molar-refractivity contribution is 6.45. The van der Waals surface area contributed by atoms with E-state index >= 15 is 0 Å². The molecule has 0 bridgehead atoms. The summed E-state index contributed by atoms with van der Waals surface area (Å²) in [5.74, 6) is 0.123. The molecule has 1 saturated carbocycles. The number of carbonyl (C=O) groups excluding carboxylic acids is 1. The minimum absolute atomic E-state index is 0.0703. The number of azide groups is 1. The number of nitrogens with one attached hydrogen (secondary N) is 1. The lowest BCUT2D eigenvalue weighted by Crippen LogP contribution is -2.44. The molecule has 33 heavy (non-hydrogen) atoms. The van der Waals surface area contributed by atoms with Gasteiger partial charge in [-0.05, 0) is 88.8 Å². The van der Waals surface area contributed by atoms with E-state index in [0.29, 0.717) is 12.3 Å². The van der Waals surface area contributed by atoms with Crippen LogP contribution in [0.5, 0.6) is 0 Å². The van der Waals surface area contributed by atoms with E-state index < -0.39 is 11.5 Å². The predicted molar refractivity (Wildman–Crippen MR) is 126 cm³/mol. The van der Waals surface area contributed by atoms with Gasteiger partial charge in [0.25, 0.3) is 0 Å². The molecule has 1 aliphatic carbocycles. The second kappa shape index (κ2) is 9.30. The van der Waals surface area contributed by atoms with Gasteiger partial charge in [-0.25, -0.2) is 0 Å². The maximum Gasteiger partial charge on any atom is 0.457 e. The first kappa shape index (κ1) is 24.1. The summed E-state index contributed by atoms with van der Waals surface area (Å²) in [6.07, 6.45) is 2.84. The Labute approximate surface area is 196 Å². The van der Waals surface area contributed by atoms with Gasteiger partial charge in [-0.2, -0.15) is 0 Å². The molecule has 4 atom stereocenters. The molecule has 1 aromatic rings. The van der Waals surface area contributed by atoms with E-state index in [0.717, 1.165) is 37.8 Å². The molecule has 178 valence electrons. The Kier molecular flexibility index (Phi) is 6.79. The van der Waals surface area contributed by atoms with Crippen LogP contribution in [-0.2, 0) is 25.4 Å². The zero-order chi connectivity index (χ0) is 23.7. The molecule has 3 aliphatic rings. The van der Waals surface area contributed by atoms with E-state index in [-0.39, 0.29) is 36.8 Å². The van der Waals surface area contributed by atoms with Gasteiger partial charge in [0.05, 0.1) is 11.2 Å². The third-order valence-corrected chi connectivity index (χ3v) is 8.14. The number of hydrogen-bond donors (Lipinski definition) is 1. The van der Waals surface area contributed by atoms with Crippen LogP contribution in [0.15, 0.2) is 35.4 Å². The largest absolute Gasteiger partial charge is 0.460 e. The topological polar surface area (TPSA) is 106 Å². The lowest BCUT2D eigenvalue weighted by molar-refractivity contribution is -0.153. The molecule has 0 spiro atoms. The molecule has 3 fully saturated rings. The van der Waals surface area contributed by atoms with Crippen molar-refractivity contribution in [1.29, 1.82) is 0 Å². The molecule has 2 heterocycles. The van der Waals surface area contributed by atoms with Crippen LogP contribution < -0.4 is 5.32 Å². The predicted octanol–water partition coefficient (Wildman–Crippen LogP) is 4.51. The first-order chi connectivity index (χ1) is 15.7. The Balaban J connectivity index is 1.46. The normalized spacial score (nSPS) is 31.8. The van der Waals surface area contributed by atoms with E-state index in [1.807, 2.05) is 58.0 Å². The zero-order valence-corrected chi connectivity index (χ0v) is 20.1. The van der Waals surface area contributed by atoms with Crippen LogP contribution in [0.25, 0.3) is 10.4 Å². The third kappa shape index (κ3) is 4.65. The number of nitrogens with zero attached hydrogens (tertiary/aromatic N) is 3. The fourth-order valence-electron chi connectivity index (χ4n) is 5.71. The smallest absolute Gasteiger partial charge is 0.457 e. The summed E-state index contributed by atoms with van der Waals surface area (Å²) in [5.41, 5.74) is 8.46. The quantitative estimate of drug-likeness (QED) is 0.205. The number of ether oxygens (including phenoxy) is 1. The van der Waals surface area contributed by atoms with Crippen molar-refractivity contribution in [3.63, 3.8) is 0 Å². The minimum atomic E-state index is -1.16. The van der Waals surface area contributed by atoms with Crippen LogP contribution in [-0.4, -0.2) is 42.9 Å². The van der Waals surface area contributed by atoms with Crippen molar-refractivity contribution >= 4 is 13.1 Å². The molecule has 0 unspecified atom stereocenters. The van der Waals surface area contributed by atoms with E-state index in [1.165, 1.54) is 0 Å². The summed E-state index contributed by atoms with van der Waals surface area (Å²) >= 11 is 0. The summed E-state index contributed by atoms with van der Waals surface area (Å²) < 4.78 is 18.0. The summed E-state index contributed by atoms with van der Waals surface area (Å²) in [6.45, 7) is 10.1. The van der Waals surface area contributed by atoms with E-state index in [1.54, 1.807) is 0 Å². The van der Waals surface area contributed by atoms with Crippen LogP contribution in [0, 0.1) is 17.8 Å². The van der Waals surface area contributed by atoms with Crippen LogP contribution in [0.4, 0.5) is 0 Å². The van der Waals surface area contributed by atoms with E-state index in [2.05, 4.69) is 15.3 Å². The number of carbonyl (C=O) groups is 1. The highest BCUT2D eigenvalue weighted by Gasteiger charge is 2.59. The SMILES string of the molecule is CC1(C)OB(CCC[C@H]2[C@@H]3CNC[C@@H]3C[C@@]2(N=[N+]=[N-])C(=O)OCc2ccccc2)OC1(C)C. The standard InChI is InChI=1S/C24H35BN4O4/c1-22(2)23(3,4)33-25(32-22)12-8-11-20-19-15-27-14-18(19)13-24(20,28-29-26)21(30)31-16-17-9-6-5-7-10-17/h5-7,9-10,18-20,27H,8,11-16H2,1-4H3/t18-,19+,20-,24-/m0/s1. The molecule has 2 aliphatic heterocycles.